The van der Waals surface area contributed by atoms with Gasteiger partial charge in [-0.15, -0.1) is 0 Å². The van der Waals surface area contributed by atoms with E-state index in [9.17, 15) is 0 Å². The first-order valence-corrected chi connectivity index (χ1v) is 5.38. The van der Waals surface area contributed by atoms with Gasteiger partial charge in [0.25, 0.3) is 0 Å². The second-order valence-electron chi connectivity index (χ2n) is 4.83. The second kappa shape index (κ2) is 5.52. The Morgan fingerprint density at radius 2 is 1.86 bits per heavy atom. The molecule has 0 saturated carbocycles. The molecule has 0 amide bonds. The van der Waals surface area contributed by atoms with Crippen LogP contribution in [0.15, 0.2) is 11.6 Å². The van der Waals surface area contributed by atoms with E-state index in [1.54, 1.807) is 0 Å². The summed E-state index contributed by atoms with van der Waals surface area (Å²) in [7, 11) is 4.26. The van der Waals surface area contributed by atoms with E-state index in [1.165, 1.54) is 5.57 Å². The molecule has 0 aromatic rings. The van der Waals surface area contributed by atoms with E-state index in [2.05, 4.69) is 65.0 Å². The second-order valence-corrected chi connectivity index (χ2v) is 4.83. The summed E-state index contributed by atoms with van der Waals surface area (Å²) in [5.74, 6) is 0. The third kappa shape index (κ3) is 3.81. The van der Waals surface area contributed by atoms with Crippen molar-refractivity contribution < 1.29 is 0 Å². The van der Waals surface area contributed by atoms with E-state index in [-0.39, 0.29) is 5.54 Å². The van der Waals surface area contributed by atoms with Crippen molar-refractivity contribution in [1.82, 2.24) is 10.2 Å². The van der Waals surface area contributed by atoms with Crippen molar-refractivity contribution in [2.24, 2.45) is 0 Å². The van der Waals surface area contributed by atoms with Gasteiger partial charge in [-0.3, -0.25) is 0 Å². The summed E-state index contributed by atoms with van der Waals surface area (Å²) in [6.07, 6.45) is 2.31. The van der Waals surface area contributed by atoms with Crippen molar-refractivity contribution in [3.8, 4) is 0 Å². The van der Waals surface area contributed by atoms with E-state index in [4.69, 9.17) is 0 Å². The molecule has 0 aliphatic heterocycles. The molecule has 2 nitrogen and oxygen atoms in total. The van der Waals surface area contributed by atoms with E-state index in [0.29, 0.717) is 6.04 Å². The Morgan fingerprint density at radius 3 is 2.14 bits per heavy atom. The van der Waals surface area contributed by atoms with Crippen molar-refractivity contribution in [3.63, 3.8) is 0 Å². The molecule has 0 heterocycles. The number of hydrogen-bond donors (Lipinski definition) is 1. The van der Waals surface area contributed by atoms with Gasteiger partial charge in [0.2, 0.25) is 0 Å². The van der Waals surface area contributed by atoms with E-state index >= 15 is 0 Å². The Labute approximate surface area is 89.4 Å². The molecule has 84 valence electrons. The van der Waals surface area contributed by atoms with E-state index in [0.717, 1.165) is 6.54 Å². The summed E-state index contributed by atoms with van der Waals surface area (Å²) in [4.78, 5) is 2.26. The molecule has 1 unspecified atom stereocenters. The molecule has 2 heteroatoms. The van der Waals surface area contributed by atoms with Gasteiger partial charge in [-0.05, 0) is 48.3 Å². The Balaban J connectivity index is 4.72. The molecule has 0 fully saturated rings. The van der Waals surface area contributed by atoms with Crippen LogP contribution in [0.25, 0.3) is 0 Å². The smallest absolute Gasteiger partial charge is 0.0433 e. The van der Waals surface area contributed by atoms with Crippen LogP contribution in [0.5, 0.6) is 0 Å². The van der Waals surface area contributed by atoms with Gasteiger partial charge >= 0.3 is 0 Å². The highest BCUT2D eigenvalue weighted by molar-refractivity contribution is 5.09. The van der Waals surface area contributed by atoms with Crippen LogP contribution in [0.2, 0.25) is 0 Å². The van der Waals surface area contributed by atoms with Gasteiger partial charge in [0.05, 0.1) is 0 Å². The fourth-order valence-corrected chi connectivity index (χ4v) is 1.34. The van der Waals surface area contributed by atoms with Gasteiger partial charge in [-0.2, -0.15) is 0 Å². The maximum Gasteiger partial charge on any atom is 0.0433 e. The van der Waals surface area contributed by atoms with Crippen LogP contribution in [0, 0.1) is 0 Å². The maximum atomic E-state index is 3.52. The fourth-order valence-electron chi connectivity index (χ4n) is 1.34. The molecular formula is C12H26N2. The summed E-state index contributed by atoms with van der Waals surface area (Å²) in [5.41, 5.74) is 1.51. The molecule has 0 bridgehead atoms. The Morgan fingerprint density at radius 1 is 1.36 bits per heavy atom. The van der Waals surface area contributed by atoms with Gasteiger partial charge in [0, 0.05) is 11.6 Å². The summed E-state index contributed by atoms with van der Waals surface area (Å²) in [6, 6.07) is 0.410. The standard InChI is InChI=1S/C12H26N2/c1-8-13-11(9-10(2)3)12(4,5)14(6)7/h9,11,13H,8H2,1-7H3. The van der Waals surface area contributed by atoms with E-state index < -0.39 is 0 Å². The molecule has 0 saturated heterocycles. The molecule has 0 aliphatic carbocycles. The summed E-state index contributed by atoms with van der Waals surface area (Å²) in [5, 5.41) is 3.52. The van der Waals surface area contributed by atoms with Gasteiger partial charge in [0.15, 0.2) is 0 Å². The third-order valence-corrected chi connectivity index (χ3v) is 2.84. The molecule has 0 spiro atoms. The fraction of sp³-hybridized carbons (Fsp3) is 0.833. The summed E-state index contributed by atoms with van der Waals surface area (Å²) in [6.45, 7) is 12.0. The molecule has 0 rings (SSSR count). The van der Waals surface area contributed by atoms with Crippen molar-refractivity contribution >= 4 is 0 Å². The van der Waals surface area contributed by atoms with Crippen molar-refractivity contribution in [2.75, 3.05) is 20.6 Å². The highest BCUT2D eigenvalue weighted by Gasteiger charge is 2.28. The first kappa shape index (κ1) is 13.7. The Bertz CT molecular complexity index is 188. The third-order valence-electron chi connectivity index (χ3n) is 2.84. The van der Waals surface area contributed by atoms with Crippen LogP contribution in [-0.4, -0.2) is 37.1 Å². The maximum absolute atomic E-state index is 3.52. The number of hydrogen-bond acceptors (Lipinski definition) is 2. The van der Waals surface area contributed by atoms with Crippen LogP contribution in [0.3, 0.4) is 0 Å². The number of allylic oxidation sites excluding steroid dienone is 1. The molecule has 1 N–H and O–H groups in total. The highest BCUT2D eigenvalue weighted by Crippen LogP contribution is 2.17. The lowest BCUT2D eigenvalue weighted by Gasteiger charge is -2.39. The van der Waals surface area contributed by atoms with Crippen LogP contribution >= 0.6 is 0 Å². The zero-order chi connectivity index (χ0) is 11.4. The lowest BCUT2D eigenvalue weighted by atomic mass is 9.91. The topological polar surface area (TPSA) is 15.3 Å². The minimum absolute atomic E-state index is 0.146. The molecule has 14 heavy (non-hydrogen) atoms. The first-order valence-electron chi connectivity index (χ1n) is 5.38. The van der Waals surface area contributed by atoms with Gasteiger partial charge in [-0.25, -0.2) is 0 Å². The first-order chi connectivity index (χ1) is 6.32. The minimum Gasteiger partial charge on any atom is -0.309 e. The average Bonchev–Trinajstić information content (AvgIpc) is 2.02. The van der Waals surface area contributed by atoms with Gasteiger partial charge < -0.3 is 10.2 Å². The number of rotatable bonds is 5. The van der Waals surface area contributed by atoms with Crippen molar-refractivity contribution in [2.45, 2.75) is 46.2 Å². The number of likely N-dealkylation sites (N-methyl/N-ethyl adjacent to an activating group) is 2. The summed E-state index contributed by atoms with van der Waals surface area (Å²) >= 11 is 0. The van der Waals surface area contributed by atoms with Crippen LogP contribution in [0.1, 0.15) is 34.6 Å². The Hall–Kier alpha value is -0.340. The predicted molar refractivity (Wildman–Crippen MR) is 64.7 cm³/mol. The minimum atomic E-state index is 0.146. The molecular weight excluding hydrogens is 172 g/mol. The van der Waals surface area contributed by atoms with Crippen LogP contribution in [0.4, 0.5) is 0 Å². The zero-order valence-electron chi connectivity index (χ0n) is 10.8. The van der Waals surface area contributed by atoms with Crippen molar-refractivity contribution in [1.29, 1.82) is 0 Å². The van der Waals surface area contributed by atoms with Crippen LogP contribution in [-0.2, 0) is 0 Å². The molecule has 0 aromatic heterocycles. The lowest BCUT2D eigenvalue weighted by molar-refractivity contribution is 0.160. The SMILES string of the molecule is CCNC(C=C(C)C)C(C)(C)N(C)C. The van der Waals surface area contributed by atoms with Crippen LogP contribution < -0.4 is 5.32 Å². The Kier molecular flexibility index (Phi) is 5.38. The molecule has 0 radical (unpaired) electrons. The largest absolute Gasteiger partial charge is 0.309 e. The average molecular weight is 198 g/mol. The summed E-state index contributed by atoms with van der Waals surface area (Å²) < 4.78 is 0. The normalized spacial score (nSPS) is 14.3. The lowest BCUT2D eigenvalue weighted by Crippen LogP contribution is -2.54. The quantitative estimate of drug-likeness (QED) is 0.682. The highest BCUT2D eigenvalue weighted by atomic mass is 15.2. The molecule has 0 aromatic carbocycles. The van der Waals surface area contributed by atoms with Crippen molar-refractivity contribution in [3.05, 3.63) is 11.6 Å². The van der Waals surface area contributed by atoms with Gasteiger partial charge in [0.1, 0.15) is 0 Å². The number of nitrogens with zero attached hydrogens (tertiary/aromatic N) is 1. The monoisotopic (exact) mass is 198 g/mol. The predicted octanol–water partition coefficient (Wildman–Crippen LogP) is 2.27. The zero-order valence-corrected chi connectivity index (χ0v) is 10.8. The molecule has 0 aliphatic rings. The molecule has 1 atom stereocenters. The number of nitrogens with one attached hydrogen (secondary N) is 1. The van der Waals surface area contributed by atoms with E-state index in [1.807, 2.05) is 0 Å². The van der Waals surface area contributed by atoms with Gasteiger partial charge in [-0.1, -0.05) is 18.6 Å².